The van der Waals surface area contributed by atoms with Crippen molar-refractivity contribution in [2.75, 3.05) is 5.73 Å². The predicted molar refractivity (Wildman–Crippen MR) is 42.8 cm³/mol. The minimum atomic E-state index is -4.27. The number of rotatable bonds is 1. The van der Waals surface area contributed by atoms with Crippen molar-refractivity contribution in [2.45, 2.75) is 10.4 Å². The van der Waals surface area contributed by atoms with E-state index in [0.717, 1.165) is 0 Å². The Kier molecular flexibility index (Phi) is 2.52. The summed E-state index contributed by atoms with van der Waals surface area (Å²) in [6.45, 7) is 0. The third kappa shape index (κ3) is 2.65. The van der Waals surface area contributed by atoms with Crippen LogP contribution in [-0.4, -0.2) is 5.51 Å². The number of hydrogen-bond donors (Lipinski definition) is 1. The van der Waals surface area contributed by atoms with Gasteiger partial charge >= 0.3 is 5.51 Å². The van der Waals surface area contributed by atoms with Gasteiger partial charge in [0.05, 0.1) is 0 Å². The third-order valence-electron chi connectivity index (χ3n) is 1.14. The summed E-state index contributed by atoms with van der Waals surface area (Å²) in [7, 11) is 0. The number of nitrogen functional groups attached to an aromatic ring is 1. The largest absolute Gasteiger partial charge is 0.446 e. The molecule has 0 atom stereocenters. The molecule has 66 valence electrons. The van der Waals surface area contributed by atoms with Crippen LogP contribution in [0, 0.1) is 0 Å². The molecule has 5 heteroatoms. The minimum absolute atomic E-state index is 0.0463. The second kappa shape index (κ2) is 3.26. The monoisotopic (exact) mass is 192 g/mol. The third-order valence-corrected chi connectivity index (χ3v) is 1.97. The van der Waals surface area contributed by atoms with Crippen molar-refractivity contribution >= 4 is 17.4 Å². The van der Waals surface area contributed by atoms with E-state index < -0.39 is 5.51 Å². The van der Waals surface area contributed by atoms with Gasteiger partial charge < -0.3 is 5.73 Å². The van der Waals surface area contributed by atoms with Gasteiger partial charge in [-0.2, -0.15) is 13.2 Å². The summed E-state index contributed by atoms with van der Waals surface area (Å²) in [6.07, 6.45) is 0. The van der Waals surface area contributed by atoms with Crippen molar-refractivity contribution in [3.63, 3.8) is 0 Å². The van der Waals surface area contributed by atoms with Crippen LogP contribution in [0.25, 0.3) is 0 Å². The molecular formula is C7H6F3NS. The van der Waals surface area contributed by atoms with Crippen LogP contribution in [0.15, 0.2) is 29.2 Å². The van der Waals surface area contributed by atoms with Gasteiger partial charge in [-0.15, -0.1) is 0 Å². The molecule has 0 bridgehead atoms. The van der Waals surface area contributed by atoms with Gasteiger partial charge in [-0.3, -0.25) is 0 Å². The van der Waals surface area contributed by atoms with Crippen LogP contribution in [0.2, 0.25) is 0 Å². The molecule has 0 spiro atoms. The summed E-state index contributed by atoms with van der Waals surface area (Å²) in [6, 6.07) is 5.89. The van der Waals surface area contributed by atoms with Gasteiger partial charge in [0.25, 0.3) is 0 Å². The maximum absolute atomic E-state index is 11.8. The van der Waals surface area contributed by atoms with Crippen molar-refractivity contribution in [1.29, 1.82) is 0 Å². The highest BCUT2D eigenvalue weighted by atomic mass is 32.2. The van der Waals surface area contributed by atoms with Crippen LogP contribution >= 0.6 is 11.8 Å². The summed E-state index contributed by atoms with van der Waals surface area (Å²) >= 11 is -0.198. The Balaban J connectivity index is 2.83. The topological polar surface area (TPSA) is 26.0 Å². The molecule has 0 unspecified atom stereocenters. The van der Waals surface area contributed by atoms with E-state index in [9.17, 15) is 13.2 Å². The Hall–Kier alpha value is -0.840. The second-order valence-electron chi connectivity index (χ2n) is 2.09. The van der Waals surface area contributed by atoms with Crippen LogP contribution in [-0.2, 0) is 0 Å². The molecule has 12 heavy (non-hydrogen) atoms. The van der Waals surface area contributed by atoms with E-state index in [1.807, 2.05) is 0 Å². The summed E-state index contributed by atoms with van der Waals surface area (Å²) in [5.74, 6) is 0. The van der Waals surface area contributed by atoms with Gasteiger partial charge in [0.1, 0.15) is 0 Å². The molecule has 1 aromatic rings. The molecule has 0 fully saturated rings. The summed E-state index contributed by atoms with van der Waals surface area (Å²) in [5, 5.41) is 0. The second-order valence-corrected chi connectivity index (χ2v) is 3.19. The number of alkyl halides is 3. The Morgan fingerprint density at radius 1 is 1.17 bits per heavy atom. The molecule has 0 aliphatic rings. The quantitative estimate of drug-likeness (QED) is 0.547. The predicted octanol–water partition coefficient (Wildman–Crippen LogP) is 2.88. The van der Waals surface area contributed by atoms with E-state index in [2.05, 4.69) is 0 Å². The molecule has 2 N–H and O–H groups in total. The van der Waals surface area contributed by atoms with Crippen molar-refractivity contribution in [3.05, 3.63) is 24.3 Å². The molecule has 0 saturated heterocycles. The van der Waals surface area contributed by atoms with Crippen molar-refractivity contribution < 1.29 is 13.2 Å². The summed E-state index contributed by atoms with van der Waals surface area (Å²) in [4.78, 5) is 0.0463. The first-order valence-electron chi connectivity index (χ1n) is 3.09. The first-order valence-corrected chi connectivity index (χ1v) is 3.91. The lowest BCUT2D eigenvalue weighted by Gasteiger charge is -2.06. The van der Waals surface area contributed by atoms with Crippen LogP contribution in [0.5, 0.6) is 0 Å². The molecule has 0 aliphatic carbocycles. The lowest BCUT2D eigenvalue weighted by atomic mass is 10.3. The first-order chi connectivity index (χ1) is 5.49. The maximum atomic E-state index is 11.8. The van der Waals surface area contributed by atoms with Gasteiger partial charge in [0.15, 0.2) is 0 Å². The zero-order chi connectivity index (χ0) is 9.19. The molecule has 1 aromatic carbocycles. The van der Waals surface area contributed by atoms with Crippen LogP contribution in [0.1, 0.15) is 0 Å². The minimum Gasteiger partial charge on any atom is -0.398 e. The zero-order valence-corrected chi connectivity index (χ0v) is 6.75. The fraction of sp³-hybridized carbons (Fsp3) is 0.143. The van der Waals surface area contributed by atoms with Crippen LogP contribution < -0.4 is 5.73 Å². The number of nitrogens with two attached hydrogens (primary N) is 1. The Morgan fingerprint density at radius 2 is 1.75 bits per heavy atom. The van der Waals surface area contributed by atoms with Gasteiger partial charge in [-0.25, -0.2) is 0 Å². The molecular weight excluding hydrogens is 186 g/mol. The SMILES string of the molecule is Nc1ccccc1SC(F)(F)[18F]. The van der Waals surface area contributed by atoms with E-state index in [1.54, 1.807) is 6.07 Å². The van der Waals surface area contributed by atoms with E-state index in [0.29, 0.717) is 0 Å². The highest BCUT2D eigenvalue weighted by Gasteiger charge is 2.29. The van der Waals surface area contributed by atoms with Crippen LogP contribution in [0.4, 0.5) is 18.9 Å². The fourth-order valence-electron chi connectivity index (χ4n) is 0.698. The van der Waals surface area contributed by atoms with Gasteiger partial charge in [0, 0.05) is 10.6 Å². The zero-order valence-electron chi connectivity index (χ0n) is 5.93. The Morgan fingerprint density at radius 3 is 2.25 bits per heavy atom. The number of benzene rings is 1. The standard InChI is InChI=1S/C7H6F3NS/c8-7(9,10)12-6-4-2-1-3-5(6)11/h1-4H,11H2/i8-1. The van der Waals surface area contributed by atoms with Crippen LogP contribution in [0.3, 0.4) is 0 Å². The van der Waals surface area contributed by atoms with Gasteiger partial charge in [0.2, 0.25) is 0 Å². The molecule has 0 radical (unpaired) electrons. The first kappa shape index (κ1) is 9.25. The number of anilines is 1. The average Bonchev–Trinajstić information content (AvgIpc) is 1.91. The molecule has 1 rings (SSSR count). The Bertz CT molecular complexity index is 272. The van der Waals surface area contributed by atoms with Gasteiger partial charge in [-0.1, -0.05) is 12.1 Å². The average molecular weight is 192 g/mol. The number of hydrogen-bond acceptors (Lipinski definition) is 2. The van der Waals surface area contributed by atoms with Gasteiger partial charge in [-0.05, 0) is 23.9 Å². The molecule has 1 nitrogen and oxygen atoms in total. The van der Waals surface area contributed by atoms with E-state index in [-0.39, 0.29) is 22.3 Å². The van der Waals surface area contributed by atoms with E-state index >= 15 is 0 Å². The number of para-hydroxylation sites is 1. The van der Waals surface area contributed by atoms with Crippen molar-refractivity contribution in [2.24, 2.45) is 0 Å². The highest BCUT2D eigenvalue weighted by Crippen LogP contribution is 2.39. The lowest BCUT2D eigenvalue weighted by molar-refractivity contribution is -0.0327. The molecule has 0 amide bonds. The van der Waals surface area contributed by atoms with Crippen molar-refractivity contribution in [3.8, 4) is 0 Å². The molecule has 0 heterocycles. The smallest absolute Gasteiger partial charge is 0.398 e. The molecule has 0 saturated carbocycles. The van der Waals surface area contributed by atoms with Crippen molar-refractivity contribution in [1.82, 2.24) is 0 Å². The molecule has 0 aromatic heterocycles. The van der Waals surface area contributed by atoms with E-state index in [4.69, 9.17) is 5.73 Å². The number of halogens is 3. The van der Waals surface area contributed by atoms with E-state index in [1.165, 1.54) is 18.2 Å². The highest BCUT2D eigenvalue weighted by molar-refractivity contribution is 8.00. The molecule has 0 aliphatic heterocycles. The fourth-order valence-corrected chi connectivity index (χ4v) is 1.28. The maximum Gasteiger partial charge on any atom is 0.446 e. The normalized spacial score (nSPS) is 11.6. The summed E-state index contributed by atoms with van der Waals surface area (Å²) in [5.41, 5.74) is 1.19. The lowest BCUT2D eigenvalue weighted by Crippen LogP contribution is -2.00. The Labute approximate surface area is 71.8 Å². The summed E-state index contributed by atoms with van der Waals surface area (Å²) < 4.78 is 35.5. The number of thioether (sulfide) groups is 1.